The first kappa shape index (κ1) is 14.4. The number of rotatable bonds is 3. The molecule has 0 atom stereocenters. The molecule has 0 N–H and O–H groups in total. The van der Waals surface area contributed by atoms with Crippen molar-refractivity contribution >= 4 is 5.78 Å². The molecule has 0 fully saturated rings. The van der Waals surface area contributed by atoms with Gasteiger partial charge in [0, 0.05) is 0 Å². The van der Waals surface area contributed by atoms with Crippen LogP contribution in [0.1, 0.15) is 34.6 Å². The molecule has 0 aromatic rings. The van der Waals surface area contributed by atoms with Crippen LogP contribution < -0.4 is 0 Å². The Morgan fingerprint density at radius 2 is 1.62 bits per heavy atom. The first-order chi connectivity index (χ1) is 6.07. The summed E-state index contributed by atoms with van der Waals surface area (Å²) in [5, 5.41) is 0. The van der Waals surface area contributed by atoms with Crippen molar-refractivity contribution in [2.75, 3.05) is 0 Å². The van der Waals surface area contributed by atoms with Crippen LogP contribution in [-0.2, 0) is 4.79 Å². The molecule has 0 unspecified atom stereocenters. The summed E-state index contributed by atoms with van der Waals surface area (Å²) < 4.78 is 0. The van der Waals surface area contributed by atoms with E-state index < -0.39 is 0 Å². The van der Waals surface area contributed by atoms with Crippen LogP contribution in [0.4, 0.5) is 0 Å². The Bertz CT molecular complexity index is 219. The zero-order valence-electron chi connectivity index (χ0n) is 9.35. The number of hydrogen-bond donors (Lipinski definition) is 0. The number of carbonyl (C=O) groups excluding carboxylic acids is 1. The minimum absolute atomic E-state index is 0.113. The highest BCUT2D eigenvalue weighted by atomic mass is 16.1. The smallest absolute Gasteiger partial charge is 0.155 e. The zero-order chi connectivity index (χ0) is 10.9. The highest BCUT2D eigenvalue weighted by Crippen LogP contribution is 2.02. The third-order valence-electron chi connectivity index (χ3n) is 1.38. The second-order valence-corrected chi connectivity index (χ2v) is 2.53. The molecule has 0 spiro atoms. The molecule has 0 amide bonds. The van der Waals surface area contributed by atoms with Gasteiger partial charge in [0.25, 0.3) is 0 Å². The lowest BCUT2D eigenvalue weighted by Gasteiger charge is -1.93. The van der Waals surface area contributed by atoms with Gasteiger partial charge in [0.1, 0.15) is 0 Å². The van der Waals surface area contributed by atoms with Crippen LogP contribution in [0.2, 0.25) is 0 Å². The van der Waals surface area contributed by atoms with Gasteiger partial charge in [0.05, 0.1) is 0 Å². The Hall–Kier alpha value is -1.11. The van der Waals surface area contributed by atoms with Gasteiger partial charge in [-0.1, -0.05) is 44.2 Å². The minimum Gasteiger partial charge on any atom is -0.295 e. The van der Waals surface area contributed by atoms with Crippen molar-refractivity contribution in [2.45, 2.75) is 34.6 Å². The molecule has 13 heavy (non-hydrogen) atoms. The lowest BCUT2D eigenvalue weighted by Crippen LogP contribution is -1.90. The quantitative estimate of drug-likeness (QED) is 0.478. The molecule has 0 rings (SSSR count). The normalized spacial score (nSPS) is 11.5. The van der Waals surface area contributed by atoms with Crippen LogP contribution in [0, 0.1) is 0 Å². The van der Waals surface area contributed by atoms with E-state index in [-0.39, 0.29) is 5.78 Å². The maximum absolute atomic E-state index is 10.8. The van der Waals surface area contributed by atoms with E-state index in [0.717, 1.165) is 11.1 Å². The van der Waals surface area contributed by atoms with Gasteiger partial charge in [0.15, 0.2) is 5.78 Å². The molecular formula is C12H20O. The summed E-state index contributed by atoms with van der Waals surface area (Å²) in [6.45, 7) is 12.9. The maximum atomic E-state index is 10.8. The van der Waals surface area contributed by atoms with Gasteiger partial charge in [0.2, 0.25) is 0 Å². The summed E-state index contributed by atoms with van der Waals surface area (Å²) in [6.07, 6.45) is 5.43. The molecule has 0 radical (unpaired) electrons. The van der Waals surface area contributed by atoms with Crippen molar-refractivity contribution < 1.29 is 4.79 Å². The van der Waals surface area contributed by atoms with Crippen molar-refractivity contribution in [1.29, 1.82) is 0 Å². The summed E-state index contributed by atoms with van der Waals surface area (Å²) in [5.41, 5.74) is 1.83. The summed E-state index contributed by atoms with van der Waals surface area (Å²) in [5.74, 6) is 0.113. The van der Waals surface area contributed by atoms with E-state index in [9.17, 15) is 4.79 Å². The number of hydrogen-bond acceptors (Lipinski definition) is 1. The maximum Gasteiger partial charge on any atom is 0.155 e. The SMILES string of the molecule is C=C/C=C(C)\C=C(/C)C(C)=O.CC. The largest absolute Gasteiger partial charge is 0.295 e. The Morgan fingerprint density at radius 1 is 1.15 bits per heavy atom. The standard InChI is InChI=1S/C10H14O.C2H6/c1-5-6-8(2)7-9(3)10(4)11;1-2/h5-7H,1H2,2-4H3;1-2H3/b8-6-,9-7+;. The van der Waals surface area contributed by atoms with Crippen LogP contribution in [0.5, 0.6) is 0 Å². The van der Waals surface area contributed by atoms with E-state index in [1.165, 1.54) is 0 Å². The fraction of sp³-hybridized carbons (Fsp3) is 0.417. The van der Waals surface area contributed by atoms with E-state index in [1.807, 2.05) is 39.8 Å². The molecular weight excluding hydrogens is 160 g/mol. The van der Waals surface area contributed by atoms with Crippen molar-refractivity contribution in [3.05, 3.63) is 36.0 Å². The van der Waals surface area contributed by atoms with Crippen molar-refractivity contribution in [2.24, 2.45) is 0 Å². The van der Waals surface area contributed by atoms with Crippen molar-refractivity contribution in [3.63, 3.8) is 0 Å². The molecule has 74 valence electrons. The monoisotopic (exact) mass is 180 g/mol. The summed E-state index contributed by atoms with van der Waals surface area (Å²) in [6, 6.07) is 0. The average Bonchev–Trinajstić information content (AvgIpc) is 2.08. The van der Waals surface area contributed by atoms with Gasteiger partial charge >= 0.3 is 0 Å². The van der Waals surface area contributed by atoms with Crippen LogP contribution in [-0.4, -0.2) is 5.78 Å². The highest BCUT2D eigenvalue weighted by Gasteiger charge is 1.93. The van der Waals surface area contributed by atoms with E-state index in [1.54, 1.807) is 13.0 Å². The third kappa shape index (κ3) is 8.80. The molecule has 0 aliphatic rings. The number of allylic oxidation sites excluding steroid dienone is 5. The molecule has 1 nitrogen and oxygen atoms in total. The van der Waals surface area contributed by atoms with Gasteiger partial charge in [-0.2, -0.15) is 0 Å². The fourth-order valence-electron chi connectivity index (χ4n) is 0.677. The van der Waals surface area contributed by atoms with E-state index in [0.29, 0.717) is 0 Å². The summed E-state index contributed by atoms with van der Waals surface area (Å²) >= 11 is 0. The number of ketones is 1. The van der Waals surface area contributed by atoms with Gasteiger partial charge in [-0.05, 0) is 26.3 Å². The predicted molar refractivity (Wildman–Crippen MR) is 59.7 cm³/mol. The van der Waals surface area contributed by atoms with E-state index in [4.69, 9.17) is 0 Å². The summed E-state index contributed by atoms with van der Waals surface area (Å²) in [7, 11) is 0. The van der Waals surface area contributed by atoms with Crippen molar-refractivity contribution in [1.82, 2.24) is 0 Å². The number of carbonyl (C=O) groups is 1. The Labute approximate surface area is 81.9 Å². The van der Waals surface area contributed by atoms with Crippen LogP contribution in [0.25, 0.3) is 0 Å². The van der Waals surface area contributed by atoms with Crippen LogP contribution in [0.3, 0.4) is 0 Å². The van der Waals surface area contributed by atoms with Crippen LogP contribution in [0.15, 0.2) is 36.0 Å². The minimum atomic E-state index is 0.113. The summed E-state index contributed by atoms with van der Waals surface area (Å²) in [4.78, 5) is 10.8. The zero-order valence-corrected chi connectivity index (χ0v) is 9.35. The fourth-order valence-corrected chi connectivity index (χ4v) is 0.677. The second-order valence-electron chi connectivity index (χ2n) is 2.53. The molecule has 0 heterocycles. The lowest BCUT2D eigenvalue weighted by molar-refractivity contribution is -0.113. The number of Topliss-reactive ketones (excluding diaryl/α,β-unsaturated/α-hetero) is 1. The average molecular weight is 180 g/mol. The predicted octanol–water partition coefficient (Wildman–Crippen LogP) is 3.68. The Morgan fingerprint density at radius 3 is 1.92 bits per heavy atom. The lowest BCUT2D eigenvalue weighted by atomic mass is 10.1. The Kier molecular flexibility index (Phi) is 9.96. The molecule has 0 aliphatic carbocycles. The molecule has 0 saturated carbocycles. The first-order valence-corrected chi connectivity index (χ1v) is 4.56. The highest BCUT2D eigenvalue weighted by molar-refractivity contribution is 5.93. The van der Waals surface area contributed by atoms with Gasteiger partial charge < -0.3 is 0 Å². The van der Waals surface area contributed by atoms with Gasteiger partial charge in [-0.25, -0.2) is 0 Å². The molecule has 0 aromatic carbocycles. The second kappa shape index (κ2) is 8.98. The van der Waals surface area contributed by atoms with E-state index in [2.05, 4.69) is 6.58 Å². The van der Waals surface area contributed by atoms with Gasteiger partial charge in [-0.15, -0.1) is 0 Å². The first-order valence-electron chi connectivity index (χ1n) is 4.56. The topological polar surface area (TPSA) is 17.1 Å². The molecule has 0 saturated heterocycles. The molecule has 0 aliphatic heterocycles. The van der Waals surface area contributed by atoms with Crippen LogP contribution >= 0.6 is 0 Å². The molecule has 0 bridgehead atoms. The van der Waals surface area contributed by atoms with E-state index >= 15 is 0 Å². The Balaban J connectivity index is 0. The van der Waals surface area contributed by atoms with Crippen molar-refractivity contribution in [3.8, 4) is 0 Å². The molecule has 0 aromatic heterocycles. The van der Waals surface area contributed by atoms with Gasteiger partial charge in [-0.3, -0.25) is 4.79 Å². The third-order valence-corrected chi connectivity index (χ3v) is 1.38. The molecule has 1 heteroatoms.